The van der Waals surface area contributed by atoms with Crippen molar-refractivity contribution in [1.29, 1.82) is 0 Å². The molecule has 106 valence electrons. The molecular weight excluding hydrogens is 357 g/mol. The summed E-state index contributed by atoms with van der Waals surface area (Å²) < 4.78 is 16.6. The lowest BCUT2D eigenvalue weighted by Crippen LogP contribution is -2.04. The van der Waals surface area contributed by atoms with Gasteiger partial charge in [-0.15, -0.1) is 0 Å². The van der Waals surface area contributed by atoms with Crippen molar-refractivity contribution in [3.8, 4) is 11.4 Å². The van der Waals surface area contributed by atoms with Crippen molar-refractivity contribution < 1.29 is 4.39 Å². The number of benzene rings is 1. The van der Waals surface area contributed by atoms with Crippen LogP contribution in [0.15, 0.2) is 53.5 Å². The van der Waals surface area contributed by atoms with Gasteiger partial charge in [-0.25, -0.2) is 9.37 Å². The van der Waals surface area contributed by atoms with E-state index in [2.05, 4.69) is 25.9 Å². The van der Waals surface area contributed by atoms with Gasteiger partial charge in [0.1, 0.15) is 11.6 Å². The summed E-state index contributed by atoms with van der Waals surface area (Å²) in [7, 11) is 0. The Bertz CT molecular complexity index is 768. The third-order valence-electron chi connectivity index (χ3n) is 3.07. The lowest BCUT2D eigenvalue weighted by molar-refractivity contribution is 0.600. The van der Waals surface area contributed by atoms with Crippen molar-refractivity contribution in [2.75, 3.05) is 0 Å². The first kappa shape index (κ1) is 14.2. The molecule has 0 spiro atoms. The second-order valence-electron chi connectivity index (χ2n) is 4.47. The van der Waals surface area contributed by atoms with E-state index in [-0.39, 0.29) is 5.82 Å². The van der Waals surface area contributed by atoms with E-state index in [0.717, 1.165) is 10.0 Å². The average Bonchev–Trinajstić information content (AvgIpc) is 2.91. The molecule has 0 N–H and O–H groups in total. The van der Waals surface area contributed by atoms with Gasteiger partial charge in [-0.05, 0) is 34.1 Å². The van der Waals surface area contributed by atoms with Crippen LogP contribution in [0.2, 0.25) is 5.02 Å². The highest BCUT2D eigenvalue weighted by molar-refractivity contribution is 9.10. The van der Waals surface area contributed by atoms with E-state index >= 15 is 0 Å². The number of rotatable bonds is 3. The van der Waals surface area contributed by atoms with Crippen LogP contribution in [0.5, 0.6) is 0 Å². The molecule has 21 heavy (non-hydrogen) atoms. The molecule has 0 aliphatic heterocycles. The Morgan fingerprint density at radius 3 is 2.90 bits per heavy atom. The topological polar surface area (TPSA) is 30.7 Å². The number of hydrogen-bond donors (Lipinski definition) is 0. The van der Waals surface area contributed by atoms with Crippen molar-refractivity contribution in [2.24, 2.45) is 0 Å². The Morgan fingerprint density at radius 1 is 1.29 bits per heavy atom. The first-order valence-electron chi connectivity index (χ1n) is 6.20. The van der Waals surface area contributed by atoms with E-state index < -0.39 is 0 Å². The zero-order valence-electron chi connectivity index (χ0n) is 10.8. The summed E-state index contributed by atoms with van der Waals surface area (Å²) in [6.07, 6.45) is 6.88. The second-order valence-corrected chi connectivity index (χ2v) is 5.79. The number of aromatic nitrogens is 3. The predicted octanol–water partition coefficient (Wildman–Crippen LogP) is 4.55. The highest BCUT2D eigenvalue weighted by Crippen LogP contribution is 2.24. The molecule has 3 rings (SSSR count). The number of imidazole rings is 1. The van der Waals surface area contributed by atoms with Crippen molar-refractivity contribution in [3.05, 3.63) is 69.9 Å². The zero-order valence-corrected chi connectivity index (χ0v) is 13.1. The maximum Gasteiger partial charge on any atom is 0.141 e. The first-order valence-corrected chi connectivity index (χ1v) is 7.37. The molecule has 0 amide bonds. The normalized spacial score (nSPS) is 10.8. The van der Waals surface area contributed by atoms with Crippen LogP contribution < -0.4 is 0 Å². The molecular formula is C15H10BrClFN3. The van der Waals surface area contributed by atoms with Gasteiger partial charge in [0, 0.05) is 45.4 Å². The highest BCUT2D eigenvalue weighted by atomic mass is 79.9. The Balaban J connectivity index is 2.00. The summed E-state index contributed by atoms with van der Waals surface area (Å²) in [4.78, 5) is 8.44. The lowest BCUT2D eigenvalue weighted by atomic mass is 10.2. The summed E-state index contributed by atoms with van der Waals surface area (Å²) in [5.74, 6) is 0.387. The van der Waals surface area contributed by atoms with E-state index in [1.165, 1.54) is 6.07 Å². The largest absolute Gasteiger partial charge is 0.326 e. The Hall–Kier alpha value is -1.72. The molecule has 6 heteroatoms. The Morgan fingerprint density at radius 2 is 2.14 bits per heavy atom. The van der Waals surface area contributed by atoms with Gasteiger partial charge in [0.15, 0.2) is 0 Å². The van der Waals surface area contributed by atoms with E-state index in [9.17, 15) is 4.39 Å². The quantitative estimate of drug-likeness (QED) is 0.681. The van der Waals surface area contributed by atoms with Crippen molar-refractivity contribution in [3.63, 3.8) is 0 Å². The van der Waals surface area contributed by atoms with E-state index in [1.54, 1.807) is 36.9 Å². The maximum absolute atomic E-state index is 13.9. The number of nitrogens with zero attached hydrogens (tertiary/aromatic N) is 3. The summed E-state index contributed by atoms with van der Waals surface area (Å²) in [6, 6.07) is 6.58. The Labute approximate surface area is 134 Å². The van der Waals surface area contributed by atoms with Crippen molar-refractivity contribution in [2.45, 2.75) is 6.54 Å². The fourth-order valence-electron chi connectivity index (χ4n) is 2.08. The van der Waals surface area contributed by atoms with Gasteiger partial charge in [0.2, 0.25) is 0 Å². The number of halogens is 3. The van der Waals surface area contributed by atoms with Crippen LogP contribution in [0.4, 0.5) is 4.39 Å². The molecule has 0 bridgehead atoms. The van der Waals surface area contributed by atoms with Gasteiger partial charge in [-0.3, -0.25) is 4.98 Å². The van der Waals surface area contributed by atoms with Gasteiger partial charge in [-0.2, -0.15) is 0 Å². The SMILES string of the molecule is Fc1cccc(Cl)c1Cn1ccnc1-c1cncc(Br)c1. The van der Waals surface area contributed by atoms with Crippen LogP contribution in [0, 0.1) is 5.82 Å². The summed E-state index contributed by atoms with van der Waals surface area (Å²) in [5.41, 5.74) is 1.29. The minimum Gasteiger partial charge on any atom is -0.326 e. The molecule has 1 aromatic carbocycles. The van der Waals surface area contributed by atoms with Crippen molar-refractivity contribution in [1.82, 2.24) is 14.5 Å². The molecule has 0 fully saturated rings. The average molecular weight is 367 g/mol. The molecule has 0 aliphatic rings. The highest BCUT2D eigenvalue weighted by Gasteiger charge is 2.12. The molecule has 0 saturated heterocycles. The Kier molecular flexibility index (Phi) is 4.03. The predicted molar refractivity (Wildman–Crippen MR) is 83.7 cm³/mol. The van der Waals surface area contributed by atoms with Gasteiger partial charge >= 0.3 is 0 Å². The summed E-state index contributed by atoms with van der Waals surface area (Å²) >= 11 is 9.46. The van der Waals surface area contributed by atoms with Crippen molar-refractivity contribution >= 4 is 27.5 Å². The third kappa shape index (κ3) is 2.99. The minimum atomic E-state index is -0.325. The fraction of sp³-hybridized carbons (Fsp3) is 0.0667. The molecule has 0 atom stereocenters. The van der Waals surface area contributed by atoms with Crippen LogP contribution in [0.3, 0.4) is 0 Å². The summed E-state index contributed by atoms with van der Waals surface area (Å²) in [6.45, 7) is 0.313. The molecule has 2 heterocycles. The molecule has 3 nitrogen and oxygen atoms in total. The molecule has 0 saturated carbocycles. The fourth-order valence-corrected chi connectivity index (χ4v) is 2.67. The van der Waals surface area contributed by atoms with Crippen LogP contribution >= 0.6 is 27.5 Å². The molecule has 2 aromatic heterocycles. The van der Waals surface area contributed by atoms with E-state index in [4.69, 9.17) is 11.6 Å². The van der Waals surface area contributed by atoms with E-state index in [1.807, 2.05) is 10.6 Å². The lowest BCUT2D eigenvalue weighted by Gasteiger charge is -2.10. The van der Waals surface area contributed by atoms with Crippen LogP contribution in [-0.4, -0.2) is 14.5 Å². The third-order valence-corrected chi connectivity index (χ3v) is 3.86. The van der Waals surface area contributed by atoms with Gasteiger partial charge < -0.3 is 4.57 Å². The molecule has 0 unspecified atom stereocenters. The van der Waals surface area contributed by atoms with Crippen LogP contribution in [0.1, 0.15) is 5.56 Å². The standard InChI is InChI=1S/C15H10BrClFN3/c16-11-6-10(7-19-8-11)15-20-4-5-21(15)9-12-13(17)2-1-3-14(12)18/h1-8H,9H2. The monoisotopic (exact) mass is 365 g/mol. The smallest absolute Gasteiger partial charge is 0.141 e. The molecule has 0 radical (unpaired) electrons. The van der Waals surface area contributed by atoms with Gasteiger partial charge in [0.05, 0.1) is 6.54 Å². The number of hydrogen-bond acceptors (Lipinski definition) is 2. The second kappa shape index (κ2) is 5.95. The van der Waals surface area contributed by atoms with Crippen LogP contribution in [-0.2, 0) is 6.54 Å². The summed E-state index contributed by atoms with van der Waals surface area (Å²) in [5, 5.41) is 0.405. The van der Waals surface area contributed by atoms with Gasteiger partial charge in [-0.1, -0.05) is 17.7 Å². The molecule has 0 aliphatic carbocycles. The number of pyridine rings is 1. The van der Waals surface area contributed by atoms with Gasteiger partial charge in [0.25, 0.3) is 0 Å². The molecule has 3 aromatic rings. The zero-order chi connectivity index (χ0) is 14.8. The van der Waals surface area contributed by atoms with E-state index in [0.29, 0.717) is 23.0 Å². The maximum atomic E-state index is 13.9. The minimum absolute atomic E-state index is 0.313. The first-order chi connectivity index (χ1) is 10.1. The van der Waals surface area contributed by atoms with Crippen LogP contribution in [0.25, 0.3) is 11.4 Å².